The topological polar surface area (TPSA) is 67.8 Å². The van der Waals surface area contributed by atoms with Crippen LogP contribution in [0.3, 0.4) is 0 Å². The van der Waals surface area contributed by atoms with Gasteiger partial charge in [-0.2, -0.15) is 0 Å². The predicted octanol–water partition coefficient (Wildman–Crippen LogP) is 3.63. The van der Waals surface area contributed by atoms with Gasteiger partial charge >= 0.3 is 0 Å². The zero-order valence-electron chi connectivity index (χ0n) is 11.7. The molecule has 0 saturated carbocycles. The Kier molecular flexibility index (Phi) is 3.20. The molecule has 0 unspecified atom stereocenters. The molecule has 0 fully saturated rings. The molecule has 112 valence electrons. The quantitative estimate of drug-likeness (QED) is 0.611. The van der Waals surface area contributed by atoms with Crippen LogP contribution >= 0.6 is 11.3 Å². The maximum atomic E-state index is 13.2. The van der Waals surface area contributed by atoms with Crippen LogP contribution in [0.4, 0.5) is 9.52 Å². The second-order valence-corrected chi connectivity index (χ2v) is 5.88. The van der Waals surface area contributed by atoms with Crippen LogP contribution in [-0.2, 0) is 0 Å². The van der Waals surface area contributed by atoms with Crippen molar-refractivity contribution in [3.05, 3.63) is 60.2 Å². The molecule has 2 aromatic carbocycles. The van der Waals surface area contributed by atoms with E-state index in [1.807, 2.05) is 0 Å². The molecule has 1 N–H and O–H groups in total. The number of nitrogens with one attached hydrogen (secondary N) is 1. The van der Waals surface area contributed by atoms with E-state index in [4.69, 9.17) is 0 Å². The van der Waals surface area contributed by atoms with Crippen molar-refractivity contribution in [2.24, 2.45) is 0 Å². The van der Waals surface area contributed by atoms with Gasteiger partial charge in [0.05, 0.1) is 21.3 Å². The zero-order valence-corrected chi connectivity index (χ0v) is 12.5. The van der Waals surface area contributed by atoms with Crippen LogP contribution in [0.25, 0.3) is 21.3 Å². The number of halogens is 1. The van der Waals surface area contributed by atoms with Crippen molar-refractivity contribution in [2.75, 3.05) is 5.32 Å². The molecule has 0 saturated heterocycles. The number of fused-ring (bicyclic) bond motifs is 2. The lowest BCUT2D eigenvalue weighted by atomic mass is 10.2. The molecular formula is C16H9FN4OS. The molecule has 23 heavy (non-hydrogen) atoms. The molecule has 0 radical (unpaired) electrons. The van der Waals surface area contributed by atoms with Crippen molar-refractivity contribution < 1.29 is 9.18 Å². The number of anilines is 1. The van der Waals surface area contributed by atoms with Gasteiger partial charge in [0.15, 0.2) is 5.13 Å². The Hall–Kier alpha value is -2.93. The van der Waals surface area contributed by atoms with E-state index in [1.54, 1.807) is 36.7 Å². The second kappa shape index (κ2) is 5.36. The third-order valence-electron chi connectivity index (χ3n) is 3.30. The van der Waals surface area contributed by atoms with Crippen LogP contribution in [0.1, 0.15) is 10.4 Å². The average molecular weight is 324 g/mol. The summed E-state index contributed by atoms with van der Waals surface area (Å²) in [4.78, 5) is 24.9. The summed E-state index contributed by atoms with van der Waals surface area (Å²) >= 11 is 1.23. The summed E-state index contributed by atoms with van der Waals surface area (Å²) in [6, 6.07) is 9.42. The van der Waals surface area contributed by atoms with Gasteiger partial charge in [0.2, 0.25) is 0 Å². The summed E-state index contributed by atoms with van der Waals surface area (Å²) < 4.78 is 13.9. The Morgan fingerprint density at radius 1 is 1.00 bits per heavy atom. The molecule has 0 aliphatic heterocycles. The molecular weight excluding hydrogens is 315 g/mol. The minimum atomic E-state index is -0.327. The van der Waals surface area contributed by atoms with E-state index < -0.39 is 0 Å². The molecule has 4 rings (SSSR count). The standard InChI is InChI=1S/C16H9FN4OS/c17-10-2-4-12-14(8-10)23-16(20-12)21-15(22)9-1-3-11-13(7-9)19-6-5-18-11/h1-8H,(H,20,21,22). The molecule has 7 heteroatoms. The maximum Gasteiger partial charge on any atom is 0.257 e. The lowest BCUT2D eigenvalue weighted by Gasteiger charge is -2.02. The number of benzene rings is 2. The Morgan fingerprint density at radius 2 is 1.78 bits per heavy atom. The summed E-state index contributed by atoms with van der Waals surface area (Å²) in [7, 11) is 0. The van der Waals surface area contributed by atoms with E-state index in [1.165, 1.54) is 23.5 Å². The number of hydrogen-bond acceptors (Lipinski definition) is 5. The van der Waals surface area contributed by atoms with Crippen LogP contribution in [0.15, 0.2) is 48.8 Å². The van der Waals surface area contributed by atoms with Crippen LogP contribution in [0.5, 0.6) is 0 Å². The van der Waals surface area contributed by atoms with Crippen LogP contribution < -0.4 is 5.32 Å². The summed E-state index contributed by atoms with van der Waals surface area (Å²) in [5, 5.41) is 3.16. The smallest absolute Gasteiger partial charge is 0.257 e. The number of carbonyl (C=O) groups excluding carboxylic acids is 1. The van der Waals surface area contributed by atoms with Gasteiger partial charge in [-0.15, -0.1) is 0 Å². The van der Waals surface area contributed by atoms with Gasteiger partial charge in [-0.1, -0.05) is 11.3 Å². The molecule has 0 bridgehead atoms. The SMILES string of the molecule is O=C(Nc1nc2ccc(F)cc2s1)c1ccc2nccnc2c1. The number of aromatic nitrogens is 3. The molecule has 5 nitrogen and oxygen atoms in total. The highest BCUT2D eigenvalue weighted by molar-refractivity contribution is 7.22. The van der Waals surface area contributed by atoms with Crippen LogP contribution in [-0.4, -0.2) is 20.9 Å². The molecule has 1 amide bonds. The first-order valence-electron chi connectivity index (χ1n) is 6.77. The van der Waals surface area contributed by atoms with E-state index in [9.17, 15) is 9.18 Å². The van der Waals surface area contributed by atoms with Gasteiger partial charge in [-0.05, 0) is 36.4 Å². The summed E-state index contributed by atoms with van der Waals surface area (Å²) in [5.74, 6) is -0.621. The van der Waals surface area contributed by atoms with Gasteiger partial charge in [0.25, 0.3) is 5.91 Å². The van der Waals surface area contributed by atoms with E-state index in [-0.39, 0.29) is 11.7 Å². The molecule has 0 aliphatic carbocycles. The second-order valence-electron chi connectivity index (χ2n) is 4.85. The summed E-state index contributed by atoms with van der Waals surface area (Å²) in [6.07, 6.45) is 3.18. The minimum Gasteiger partial charge on any atom is -0.298 e. The number of hydrogen-bond donors (Lipinski definition) is 1. The Labute approximate surface area is 133 Å². The molecule has 4 aromatic rings. The van der Waals surface area contributed by atoms with Crippen molar-refractivity contribution in [1.29, 1.82) is 0 Å². The van der Waals surface area contributed by atoms with Crippen molar-refractivity contribution >= 4 is 43.6 Å². The van der Waals surface area contributed by atoms with E-state index in [2.05, 4.69) is 20.3 Å². The maximum absolute atomic E-state index is 13.2. The van der Waals surface area contributed by atoms with Gasteiger partial charge in [-0.3, -0.25) is 20.1 Å². The van der Waals surface area contributed by atoms with Crippen molar-refractivity contribution in [2.45, 2.75) is 0 Å². The van der Waals surface area contributed by atoms with E-state index >= 15 is 0 Å². The first-order chi connectivity index (χ1) is 11.2. The van der Waals surface area contributed by atoms with Gasteiger partial charge < -0.3 is 0 Å². The highest BCUT2D eigenvalue weighted by Crippen LogP contribution is 2.27. The fourth-order valence-electron chi connectivity index (χ4n) is 2.23. The molecule has 0 atom stereocenters. The number of nitrogens with zero attached hydrogens (tertiary/aromatic N) is 3. The zero-order chi connectivity index (χ0) is 15.8. The lowest BCUT2D eigenvalue weighted by molar-refractivity contribution is 0.102. The third kappa shape index (κ3) is 2.62. The van der Waals surface area contributed by atoms with Gasteiger partial charge in [-0.25, -0.2) is 9.37 Å². The average Bonchev–Trinajstić information content (AvgIpc) is 2.95. The van der Waals surface area contributed by atoms with Gasteiger partial charge in [0.1, 0.15) is 5.82 Å². The summed E-state index contributed by atoms with van der Waals surface area (Å²) in [5.41, 5.74) is 2.48. The lowest BCUT2D eigenvalue weighted by Crippen LogP contribution is -2.11. The number of amides is 1. The fraction of sp³-hybridized carbons (Fsp3) is 0. The number of rotatable bonds is 2. The fourth-order valence-corrected chi connectivity index (χ4v) is 3.11. The molecule has 0 aliphatic rings. The minimum absolute atomic E-state index is 0.294. The van der Waals surface area contributed by atoms with Crippen molar-refractivity contribution in [3.8, 4) is 0 Å². The first kappa shape index (κ1) is 13.7. The van der Waals surface area contributed by atoms with E-state index in [0.717, 1.165) is 5.52 Å². The third-order valence-corrected chi connectivity index (χ3v) is 4.24. The highest BCUT2D eigenvalue weighted by Gasteiger charge is 2.11. The predicted molar refractivity (Wildman–Crippen MR) is 87.1 cm³/mol. The first-order valence-corrected chi connectivity index (χ1v) is 7.59. The summed E-state index contributed by atoms with van der Waals surface area (Å²) in [6.45, 7) is 0. The highest BCUT2D eigenvalue weighted by atomic mass is 32.1. The Balaban J connectivity index is 1.64. The normalized spacial score (nSPS) is 11.0. The number of carbonyl (C=O) groups is 1. The molecule has 2 aromatic heterocycles. The van der Waals surface area contributed by atoms with Crippen molar-refractivity contribution in [1.82, 2.24) is 15.0 Å². The van der Waals surface area contributed by atoms with Crippen LogP contribution in [0.2, 0.25) is 0 Å². The Morgan fingerprint density at radius 3 is 2.65 bits per heavy atom. The number of thiazole rings is 1. The largest absolute Gasteiger partial charge is 0.298 e. The Bertz CT molecular complexity index is 1050. The molecule has 0 spiro atoms. The van der Waals surface area contributed by atoms with Gasteiger partial charge in [0, 0.05) is 18.0 Å². The van der Waals surface area contributed by atoms with Crippen LogP contribution in [0, 0.1) is 5.82 Å². The monoisotopic (exact) mass is 324 g/mol. The van der Waals surface area contributed by atoms with E-state index in [0.29, 0.717) is 26.4 Å². The van der Waals surface area contributed by atoms with Crippen molar-refractivity contribution in [3.63, 3.8) is 0 Å². The molecule has 2 heterocycles.